The number of aliphatic hydroxyl groups excluding tert-OH is 3. The highest BCUT2D eigenvalue weighted by molar-refractivity contribution is 7.80. The van der Waals surface area contributed by atoms with Crippen LogP contribution in [-0.4, -0.2) is 97.5 Å². The lowest BCUT2D eigenvalue weighted by molar-refractivity contribution is -0.301. The Morgan fingerprint density at radius 3 is 1.66 bits per heavy atom. The van der Waals surface area contributed by atoms with Gasteiger partial charge in [-0.15, -0.1) is 0 Å². The van der Waals surface area contributed by atoms with Crippen molar-refractivity contribution in [2.24, 2.45) is 0 Å². The van der Waals surface area contributed by atoms with E-state index in [1.165, 1.54) is 44.9 Å². The average molecular weight is 881 g/mol. The van der Waals surface area contributed by atoms with Gasteiger partial charge >= 0.3 is 16.4 Å². The third kappa shape index (κ3) is 32.6. The molecule has 61 heavy (non-hydrogen) atoms. The standard InChI is InChI=1S/C48H80O12S/c1-3-5-7-9-11-13-15-17-19-21-23-25-27-29-31-33-35-37-44(50)58-42(41-57-48-46(52)47(60-61(53,54)55)45(51)43(39-49)59-48)40-56-38-36-34-32-30-28-26-24-22-20-18-16-14-12-10-8-6-4-2/h5,7,11,13-14,16-17,19-20,22-23,25,29,31,42-43,45-49,51-52H,3-4,6,8-10,12,15,18,21,24,26-28,30,32-41H2,1-2H3,(H,53,54,55)/b7-5-,13-11-,16-14-,19-17-,22-20-,25-23-,31-29-. The van der Waals surface area contributed by atoms with E-state index in [9.17, 15) is 28.5 Å². The summed E-state index contributed by atoms with van der Waals surface area (Å²) in [6.07, 6.45) is 41.9. The monoisotopic (exact) mass is 881 g/mol. The summed E-state index contributed by atoms with van der Waals surface area (Å²) in [5.41, 5.74) is 0. The molecule has 12 nitrogen and oxygen atoms in total. The first kappa shape index (κ1) is 56.3. The van der Waals surface area contributed by atoms with Crippen LogP contribution in [0.3, 0.4) is 0 Å². The molecule has 0 radical (unpaired) electrons. The van der Waals surface area contributed by atoms with Gasteiger partial charge in [0.2, 0.25) is 0 Å². The lowest BCUT2D eigenvalue weighted by atomic mass is 9.99. The Bertz CT molecular complexity index is 1390. The minimum Gasteiger partial charge on any atom is -0.457 e. The van der Waals surface area contributed by atoms with E-state index in [1.807, 2.05) is 6.08 Å². The van der Waals surface area contributed by atoms with Crippen LogP contribution in [0.2, 0.25) is 0 Å². The lowest BCUT2D eigenvalue weighted by Crippen LogP contribution is -2.60. The van der Waals surface area contributed by atoms with Gasteiger partial charge in [-0.3, -0.25) is 9.35 Å². The van der Waals surface area contributed by atoms with Crippen molar-refractivity contribution in [3.63, 3.8) is 0 Å². The number of allylic oxidation sites excluding steroid dienone is 14. The molecule has 0 spiro atoms. The van der Waals surface area contributed by atoms with E-state index in [1.54, 1.807) is 0 Å². The Morgan fingerprint density at radius 2 is 1.13 bits per heavy atom. The van der Waals surface area contributed by atoms with E-state index >= 15 is 0 Å². The summed E-state index contributed by atoms with van der Waals surface area (Å²) in [4.78, 5) is 12.8. The largest absolute Gasteiger partial charge is 0.457 e. The lowest BCUT2D eigenvalue weighted by Gasteiger charge is -2.41. The topological polar surface area (TPSA) is 178 Å². The molecule has 0 amide bonds. The number of hydrogen-bond acceptors (Lipinski definition) is 11. The van der Waals surface area contributed by atoms with E-state index < -0.39 is 59.8 Å². The highest BCUT2D eigenvalue weighted by Gasteiger charge is 2.48. The van der Waals surface area contributed by atoms with Gasteiger partial charge in [0.25, 0.3) is 0 Å². The summed E-state index contributed by atoms with van der Waals surface area (Å²) < 4.78 is 59.0. The van der Waals surface area contributed by atoms with Gasteiger partial charge in [-0.25, -0.2) is 4.18 Å². The van der Waals surface area contributed by atoms with E-state index in [2.05, 4.69) is 97.0 Å². The molecule has 0 aromatic heterocycles. The van der Waals surface area contributed by atoms with E-state index in [0.717, 1.165) is 70.6 Å². The maximum absolute atomic E-state index is 12.8. The highest BCUT2D eigenvalue weighted by atomic mass is 32.3. The third-order valence-electron chi connectivity index (χ3n) is 9.75. The second-order valence-electron chi connectivity index (χ2n) is 15.3. The Balaban J connectivity index is 2.49. The number of rotatable bonds is 38. The van der Waals surface area contributed by atoms with Crippen molar-refractivity contribution in [1.29, 1.82) is 0 Å². The fourth-order valence-electron chi connectivity index (χ4n) is 6.32. The normalized spacial score (nSPS) is 20.9. The predicted octanol–water partition coefficient (Wildman–Crippen LogP) is 9.68. The fraction of sp³-hybridized carbons (Fsp3) is 0.688. The quantitative estimate of drug-likeness (QED) is 0.0200. The molecule has 0 saturated carbocycles. The van der Waals surface area contributed by atoms with Crippen LogP contribution in [0.1, 0.15) is 149 Å². The second kappa shape index (κ2) is 38.9. The summed E-state index contributed by atoms with van der Waals surface area (Å²) in [6.45, 7) is 3.74. The first-order valence-corrected chi connectivity index (χ1v) is 24.2. The molecule has 13 heteroatoms. The van der Waals surface area contributed by atoms with Gasteiger partial charge in [-0.05, 0) is 83.5 Å². The Morgan fingerprint density at radius 1 is 0.639 bits per heavy atom. The van der Waals surface area contributed by atoms with Crippen LogP contribution >= 0.6 is 0 Å². The molecule has 0 aromatic carbocycles. The molecule has 1 saturated heterocycles. The predicted molar refractivity (Wildman–Crippen MR) is 243 cm³/mol. The molecular formula is C48H80O12S. The maximum Gasteiger partial charge on any atom is 0.397 e. The summed E-state index contributed by atoms with van der Waals surface area (Å²) >= 11 is 0. The zero-order valence-electron chi connectivity index (χ0n) is 37.2. The molecule has 1 aliphatic heterocycles. The molecule has 0 aliphatic carbocycles. The third-order valence-corrected chi connectivity index (χ3v) is 10.2. The molecule has 350 valence electrons. The van der Waals surface area contributed by atoms with Crippen LogP contribution < -0.4 is 0 Å². The van der Waals surface area contributed by atoms with Crippen molar-refractivity contribution in [2.45, 2.75) is 185 Å². The average Bonchev–Trinajstić information content (AvgIpc) is 3.23. The fourth-order valence-corrected chi connectivity index (χ4v) is 6.83. The van der Waals surface area contributed by atoms with Gasteiger partial charge in [0.15, 0.2) is 6.29 Å². The van der Waals surface area contributed by atoms with Crippen molar-refractivity contribution < 1.29 is 56.2 Å². The van der Waals surface area contributed by atoms with Gasteiger partial charge < -0.3 is 34.3 Å². The van der Waals surface area contributed by atoms with E-state index in [-0.39, 0.29) is 19.6 Å². The van der Waals surface area contributed by atoms with Crippen LogP contribution in [0.4, 0.5) is 0 Å². The van der Waals surface area contributed by atoms with Gasteiger partial charge in [-0.2, -0.15) is 8.42 Å². The molecule has 4 N–H and O–H groups in total. The molecule has 1 aliphatic rings. The number of ether oxygens (including phenoxy) is 4. The number of esters is 1. The molecule has 0 bridgehead atoms. The summed E-state index contributed by atoms with van der Waals surface area (Å²) in [6, 6.07) is 0. The van der Waals surface area contributed by atoms with Crippen molar-refractivity contribution >= 4 is 16.4 Å². The molecule has 6 atom stereocenters. The Labute approximate surface area is 368 Å². The van der Waals surface area contributed by atoms with Crippen LogP contribution in [0.25, 0.3) is 0 Å². The van der Waals surface area contributed by atoms with Crippen LogP contribution in [-0.2, 0) is 38.3 Å². The summed E-state index contributed by atoms with van der Waals surface area (Å²) in [5.74, 6) is -0.463. The van der Waals surface area contributed by atoms with Gasteiger partial charge in [-0.1, -0.05) is 144 Å². The van der Waals surface area contributed by atoms with Crippen molar-refractivity contribution in [1.82, 2.24) is 0 Å². The summed E-state index contributed by atoms with van der Waals surface area (Å²) in [7, 11) is -5.08. The number of carbonyl (C=O) groups is 1. The second-order valence-corrected chi connectivity index (χ2v) is 16.3. The van der Waals surface area contributed by atoms with Crippen molar-refractivity contribution in [3.8, 4) is 0 Å². The van der Waals surface area contributed by atoms with E-state index in [0.29, 0.717) is 19.4 Å². The number of hydrogen-bond donors (Lipinski definition) is 4. The summed E-state index contributed by atoms with van der Waals surface area (Å²) in [5, 5.41) is 30.7. The van der Waals surface area contributed by atoms with Gasteiger partial charge in [0.05, 0.1) is 19.8 Å². The Kier molecular flexibility index (Phi) is 35.9. The molecule has 1 heterocycles. The smallest absolute Gasteiger partial charge is 0.397 e. The van der Waals surface area contributed by atoms with Crippen LogP contribution in [0.15, 0.2) is 85.1 Å². The molecular weight excluding hydrogens is 801 g/mol. The molecule has 0 aromatic rings. The minimum atomic E-state index is -5.08. The van der Waals surface area contributed by atoms with Crippen LogP contribution in [0, 0.1) is 0 Å². The SMILES string of the molecule is CC/C=C\C/C=C\C/C=C\C/C=C\C/C=C\CCCC(=O)OC(COCCCCCCCC/C=C\C/C=C\CCCCCC)COC1OC(CO)C(O)C(OS(=O)(=O)O)C1O. The number of carbonyl (C=O) groups excluding carboxylic acids is 1. The van der Waals surface area contributed by atoms with Gasteiger partial charge in [0, 0.05) is 13.0 Å². The maximum atomic E-state index is 12.8. The highest BCUT2D eigenvalue weighted by Crippen LogP contribution is 2.26. The molecule has 6 unspecified atom stereocenters. The number of unbranched alkanes of at least 4 members (excludes halogenated alkanes) is 11. The van der Waals surface area contributed by atoms with Crippen LogP contribution in [0.5, 0.6) is 0 Å². The zero-order chi connectivity index (χ0) is 44.7. The number of aliphatic hydroxyl groups is 3. The first-order chi connectivity index (χ1) is 29.6. The zero-order valence-corrected chi connectivity index (χ0v) is 38.0. The molecule has 1 fully saturated rings. The molecule has 1 rings (SSSR count). The Hall–Kier alpha value is -2.72. The minimum absolute atomic E-state index is 0.000702. The first-order valence-electron chi connectivity index (χ1n) is 22.8. The van der Waals surface area contributed by atoms with Crippen molar-refractivity contribution in [2.75, 3.05) is 26.4 Å². The van der Waals surface area contributed by atoms with Gasteiger partial charge in [0.1, 0.15) is 30.5 Å². The van der Waals surface area contributed by atoms with Crippen molar-refractivity contribution in [3.05, 3.63) is 85.1 Å². The van der Waals surface area contributed by atoms with E-state index in [4.69, 9.17) is 23.5 Å².